The smallest absolute Gasteiger partial charge is 0.251 e. The number of aromatic nitrogens is 2. The summed E-state index contributed by atoms with van der Waals surface area (Å²) in [7, 11) is 1.89. The molecule has 2 N–H and O–H groups in total. The average molecular weight is 312 g/mol. The number of hydrogen-bond donors (Lipinski definition) is 2. The lowest BCUT2D eigenvalue weighted by atomic mass is 9.90. The van der Waals surface area contributed by atoms with E-state index in [1.165, 1.54) is 18.4 Å². The van der Waals surface area contributed by atoms with Crippen molar-refractivity contribution in [1.29, 1.82) is 0 Å². The second-order valence-corrected chi connectivity index (χ2v) is 6.24. The summed E-state index contributed by atoms with van der Waals surface area (Å²) >= 11 is 0. The van der Waals surface area contributed by atoms with Gasteiger partial charge in [-0.1, -0.05) is 12.1 Å². The molecule has 0 aliphatic carbocycles. The topological polar surface area (TPSA) is 59.0 Å². The highest BCUT2D eigenvalue weighted by atomic mass is 16.1. The molecule has 0 spiro atoms. The van der Waals surface area contributed by atoms with E-state index in [1.54, 1.807) is 4.68 Å². The highest BCUT2D eigenvalue weighted by molar-refractivity contribution is 5.94. The number of benzene rings is 1. The fraction of sp³-hybridized carbons (Fsp3) is 0.444. The minimum Gasteiger partial charge on any atom is -0.348 e. The zero-order valence-electron chi connectivity index (χ0n) is 13.8. The number of hydrogen-bond acceptors (Lipinski definition) is 3. The van der Waals surface area contributed by atoms with E-state index in [2.05, 4.69) is 27.9 Å². The van der Waals surface area contributed by atoms with Crippen LogP contribution in [-0.4, -0.2) is 28.8 Å². The Hall–Kier alpha value is -2.14. The van der Waals surface area contributed by atoms with Crippen LogP contribution in [0.1, 0.15) is 45.9 Å². The Kier molecular flexibility index (Phi) is 4.76. The van der Waals surface area contributed by atoms with Crippen molar-refractivity contribution in [3.05, 3.63) is 52.8 Å². The molecule has 0 radical (unpaired) electrons. The zero-order valence-corrected chi connectivity index (χ0v) is 13.8. The van der Waals surface area contributed by atoms with Crippen LogP contribution in [0.25, 0.3) is 0 Å². The first kappa shape index (κ1) is 15.7. The van der Waals surface area contributed by atoms with Gasteiger partial charge >= 0.3 is 0 Å². The number of nitrogens with zero attached hydrogens (tertiary/aromatic N) is 2. The number of nitrogens with one attached hydrogen (secondary N) is 2. The second kappa shape index (κ2) is 6.96. The first-order chi connectivity index (χ1) is 11.1. The van der Waals surface area contributed by atoms with Crippen molar-refractivity contribution in [1.82, 2.24) is 20.4 Å². The summed E-state index contributed by atoms with van der Waals surface area (Å²) in [6.07, 6.45) is 4.29. The van der Waals surface area contributed by atoms with E-state index in [4.69, 9.17) is 0 Å². The van der Waals surface area contributed by atoms with E-state index in [0.29, 0.717) is 18.0 Å². The molecule has 0 bridgehead atoms. The molecule has 0 saturated carbocycles. The molecule has 23 heavy (non-hydrogen) atoms. The Morgan fingerprint density at radius 1 is 1.30 bits per heavy atom. The Morgan fingerprint density at radius 3 is 2.61 bits per heavy atom. The van der Waals surface area contributed by atoms with E-state index in [1.807, 2.05) is 32.3 Å². The van der Waals surface area contributed by atoms with Crippen molar-refractivity contribution < 1.29 is 4.79 Å². The summed E-state index contributed by atoms with van der Waals surface area (Å²) in [4.78, 5) is 12.3. The number of carbonyl (C=O) groups excluding carboxylic acids is 1. The molecule has 5 heteroatoms. The van der Waals surface area contributed by atoms with Gasteiger partial charge in [0, 0.05) is 30.9 Å². The summed E-state index contributed by atoms with van der Waals surface area (Å²) in [5, 5.41) is 10.6. The van der Waals surface area contributed by atoms with Crippen molar-refractivity contribution in [2.45, 2.75) is 32.2 Å². The summed E-state index contributed by atoms with van der Waals surface area (Å²) in [5.74, 6) is 0.580. The SMILES string of the molecule is Cc1nn(C)cc1CNC(=O)c1ccc(C2CCNCC2)cc1. The Morgan fingerprint density at radius 2 is 2.00 bits per heavy atom. The van der Waals surface area contributed by atoms with Gasteiger partial charge in [0.1, 0.15) is 0 Å². The van der Waals surface area contributed by atoms with Crippen LogP contribution in [0.4, 0.5) is 0 Å². The molecule has 2 aromatic rings. The van der Waals surface area contributed by atoms with Crippen LogP contribution in [0.3, 0.4) is 0 Å². The molecule has 2 heterocycles. The molecule has 1 fully saturated rings. The maximum absolute atomic E-state index is 12.3. The molecule has 1 saturated heterocycles. The summed E-state index contributed by atoms with van der Waals surface area (Å²) in [5.41, 5.74) is 4.05. The minimum atomic E-state index is -0.0369. The second-order valence-electron chi connectivity index (χ2n) is 6.24. The molecule has 1 aliphatic rings. The summed E-state index contributed by atoms with van der Waals surface area (Å²) < 4.78 is 1.77. The predicted octanol–water partition coefficient (Wildman–Crippen LogP) is 2.13. The fourth-order valence-corrected chi connectivity index (χ4v) is 3.16. The highest BCUT2D eigenvalue weighted by Crippen LogP contribution is 2.25. The first-order valence-corrected chi connectivity index (χ1v) is 8.21. The molecule has 1 aromatic carbocycles. The molecule has 0 atom stereocenters. The minimum absolute atomic E-state index is 0.0369. The number of carbonyl (C=O) groups is 1. The van der Waals surface area contributed by atoms with Crippen molar-refractivity contribution in [2.24, 2.45) is 7.05 Å². The van der Waals surface area contributed by atoms with Crippen LogP contribution in [0.2, 0.25) is 0 Å². The summed E-state index contributed by atoms with van der Waals surface area (Å²) in [6.45, 7) is 4.62. The molecule has 3 rings (SSSR count). The van der Waals surface area contributed by atoms with Gasteiger partial charge in [0.05, 0.1) is 5.69 Å². The van der Waals surface area contributed by atoms with Crippen LogP contribution in [0.5, 0.6) is 0 Å². The molecule has 0 unspecified atom stereocenters. The third kappa shape index (κ3) is 3.79. The lowest BCUT2D eigenvalue weighted by Crippen LogP contribution is -2.26. The van der Waals surface area contributed by atoms with Crippen LogP contribution >= 0.6 is 0 Å². The predicted molar refractivity (Wildman–Crippen MR) is 90.4 cm³/mol. The average Bonchev–Trinajstić information content (AvgIpc) is 2.91. The number of amides is 1. The standard InChI is InChI=1S/C18H24N4O/c1-13-17(12-22(2)21-13)11-20-18(23)16-5-3-14(4-6-16)15-7-9-19-10-8-15/h3-6,12,15,19H,7-11H2,1-2H3,(H,20,23). The van der Waals surface area contributed by atoms with E-state index < -0.39 is 0 Å². The van der Waals surface area contributed by atoms with Crippen molar-refractivity contribution in [2.75, 3.05) is 13.1 Å². The third-order valence-electron chi connectivity index (χ3n) is 4.54. The molecular formula is C18H24N4O. The van der Waals surface area contributed by atoms with Crippen molar-refractivity contribution in [3.8, 4) is 0 Å². The lowest BCUT2D eigenvalue weighted by molar-refractivity contribution is 0.0951. The monoisotopic (exact) mass is 312 g/mol. The van der Waals surface area contributed by atoms with E-state index >= 15 is 0 Å². The molecule has 1 aromatic heterocycles. The lowest BCUT2D eigenvalue weighted by Gasteiger charge is -2.23. The van der Waals surface area contributed by atoms with E-state index in [9.17, 15) is 4.79 Å². The van der Waals surface area contributed by atoms with Gasteiger partial charge in [0.25, 0.3) is 5.91 Å². The quantitative estimate of drug-likeness (QED) is 0.909. The van der Waals surface area contributed by atoms with Gasteiger partial charge in [-0.15, -0.1) is 0 Å². The maximum Gasteiger partial charge on any atom is 0.251 e. The van der Waals surface area contributed by atoms with Gasteiger partial charge < -0.3 is 10.6 Å². The maximum atomic E-state index is 12.3. The van der Waals surface area contributed by atoms with Gasteiger partial charge in [-0.05, 0) is 56.5 Å². The van der Waals surface area contributed by atoms with Gasteiger partial charge in [0.2, 0.25) is 0 Å². The third-order valence-corrected chi connectivity index (χ3v) is 4.54. The normalized spacial score (nSPS) is 15.6. The van der Waals surface area contributed by atoms with E-state index in [0.717, 1.165) is 24.3 Å². The van der Waals surface area contributed by atoms with Crippen LogP contribution in [0, 0.1) is 6.92 Å². The Balaban J connectivity index is 1.60. The molecular weight excluding hydrogens is 288 g/mol. The number of rotatable bonds is 4. The van der Waals surface area contributed by atoms with Gasteiger partial charge in [0.15, 0.2) is 0 Å². The van der Waals surface area contributed by atoms with Crippen molar-refractivity contribution in [3.63, 3.8) is 0 Å². The molecule has 1 amide bonds. The first-order valence-electron chi connectivity index (χ1n) is 8.21. The van der Waals surface area contributed by atoms with E-state index in [-0.39, 0.29) is 5.91 Å². The van der Waals surface area contributed by atoms with Crippen molar-refractivity contribution >= 4 is 5.91 Å². The molecule has 5 nitrogen and oxygen atoms in total. The Labute approximate surface area is 137 Å². The highest BCUT2D eigenvalue weighted by Gasteiger charge is 2.15. The van der Waals surface area contributed by atoms with Gasteiger partial charge in [-0.3, -0.25) is 9.48 Å². The van der Waals surface area contributed by atoms with Crippen LogP contribution < -0.4 is 10.6 Å². The van der Waals surface area contributed by atoms with Crippen LogP contribution in [-0.2, 0) is 13.6 Å². The number of aryl methyl sites for hydroxylation is 2. The zero-order chi connectivity index (χ0) is 16.2. The largest absolute Gasteiger partial charge is 0.348 e. The molecule has 1 aliphatic heterocycles. The Bertz CT molecular complexity index is 669. The number of piperidine rings is 1. The van der Waals surface area contributed by atoms with Gasteiger partial charge in [-0.2, -0.15) is 5.10 Å². The van der Waals surface area contributed by atoms with Crippen LogP contribution in [0.15, 0.2) is 30.5 Å². The summed E-state index contributed by atoms with van der Waals surface area (Å²) in [6, 6.07) is 8.06. The fourth-order valence-electron chi connectivity index (χ4n) is 3.16. The van der Waals surface area contributed by atoms with Gasteiger partial charge in [-0.25, -0.2) is 0 Å². The molecule has 122 valence electrons.